The van der Waals surface area contributed by atoms with E-state index in [2.05, 4.69) is 12.1 Å². The first kappa shape index (κ1) is 21.3. The van der Waals surface area contributed by atoms with Crippen LogP contribution >= 0.6 is 0 Å². The third-order valence-electron chi connectivity index (χ3n) is 3.37. The second-order valence-corrected chi connectivity index (χ2v) is 5.33. The Morgan fingerprint density at radius 2 is 1.88 bits per heavy atom. The molecule has 2 N–H and O–H groups in total. The summed E-state index contributed by atoms with van der Waals surface area (Å²) in [6.07, 6.45) is 4.77. The number of aliphatic hydroxyl groups is 1. The molecule has 0 unspecified atom stereocenters. The molecule has 0 radical (unpaired) electrons. The van der Waals surface area contributed by atoms with Crippen LogP contribution in [0.3, 0.4) is 0 Å². The molecular weight excluding hydrogens is 332 g/mol. The van der Waals surface area contributed by atoms with Crippen LogP contribution in [0.25, 0.3) is 6.08 Å². The summed E-state index contributed by atoms with van der Waals surface area (Å²) in [6, 6.07) is 15.0. The number of rotatable bonds is 7. The molecular formula is C21H26O5. The van der Waals surface area contributed by atoms with Gasteiger partial charge in [0.05, 0.1) is 13.7 Å². The smallest absolute Gasteiger partial charge is 0.330 e. The molecule has 0 aliphatic heterocycles. The topological polar surface area (TPSA) is 76.0 Å². The van der Waals surface area contributed by atoms with Crippen molar-refractivity contribution in [2.24, 2.45) is 0 Å². The quantitative estimate of drug-likeness (QED) is 0.584. The Morgan fingerprint density at radius 3 is 2.50 bits per heavy atom. The van der Waals surface area contributed by atoms with Gasteiger partial charge >= 0.3 is 5.97 Å². The van der Waals surface area contributed by atoms with Crippen LogP contribution in [-0.2, 0) is 16.0 Å². The molecule has 0 aromatic heterocycles. The second-order valence-electron chi connectivity index (χ2n) is 5.33. The number of carbonyl (C=O) groups is 1. The summed E-state index contributed by atoms with van der Waals surface area (Å²) in [7, 11) is 1.47. The van der Waals surface area contributed by atoms with Crippen molar-refractivity contribution in [3.8, 4) is 11.5 Å². The number of phenolic OH excluding ortho intramolecular Hbond substituents is 1. The van der Waals surface area contributed by atoms with Crippen molar-refractivity contribution >= 4 is 12.0 Å². The first-order valence-electron chi connectivity index (χ1n) is 8.47. The number of hydrogen-bond acceptors (Lipinski definition) is 5. The van der Waals surface area contributed by atoms with E-state index in [1.165, 1.54) is 24.8 Å². The number of phenols is 1. The lowest BCUT2D eigenvalue weighted by molar-refractivity contribution is -0.137. The number of esters is 1. The highest BCUT2D eigenvalue weighted by molar-refractivity contribution is 5.87. The largest absolute Gasteiger partial charge is 0.504 e. The van der Waals surface area contributed by atoms with E-state index in [9.17, 15) is 9.90 Å². The first-order chi connectivity index (χ1) is 12.6. The molecule has 2 rings (SSSR count). The van der Waals surface area contributed by atoms with Gasteiger partial charge in [-0.1, -0.05) is 36.4 Å². The lowest BCUT2D eigenvalue weighted by Gasteiger charge is -2.03. The fourth-order valence-corrected chi connectivity index (χ4v) is 2.08. The van der Waals surface area contributed by atoms with Gasteiger partial charge in [-0.3, -0.25) is 0 Å². The highest BCUT2D eigenvalue weighted by Crippen LogP contribution is 2.26. The van der Waals surface area contributed by atoms with Gasteiger partial charge in [-0.25, -0.2) is 4.79 Å². The van der Waals surface area contributed by atoms with Crippen molar-refractivity contribution in [3.05, 3.63) is 65.7 Å². The Kier molecular flexibility index (Phi) is 10.3. The molecule has 2 aromatic carbocycles. The molecule has 0 spiro atoms. The molecule has 0 amide bonds. The number of methoxy groups -OCH3 is 1. The lowest BCUT2D eigenvalue weighted by Crippen LogP contribution is -1.98. The summed E-state index contributed by atoms with van der Waals surface area (Å²) in [5.41, 5.74) is 2.05. The third kappa shape index (κ3) is 8.35. The van der Waals surface area contributed by atoms with Crippen LogP contribution in [0.5, 0.6) is 11.5 Å². The van der Waals surface area contributed by atoms with E-state index in [1.54, 1.807) is 25.1 Å². The first-order valence-corrected chi connectivity index (χ1v) is 8.47. The maximum absolute atomic E-state index is 11.0. The normalized spacial score (nSPS) is 10.1. The summed E-state index contributed by atoms with van der Waals surface area (Å²) < 4.78 is 9.68. The maximum Gasteiger partial charge on any atom is 0.330 e. The third-order valence-corrected chi connectivity index (χ3v) is 3.37. The van der Waals surface area contributed by atoms with E-state index in [1.807, 2.05) is 18.2 Å². The standard InChI is InChI=1S/C12H14O4.C9H12O/c1-3-16-12(14)7-5-9-4-6-10(13)11(8-9)15-2;10-8-4-7-9-5-2-1-3-6-9/h4-8,13H,3H2,1-2H3;1-3,5-6,10H,4,7-8H2. The Balaban J connectivity index is 0.000000289. The average Bonchev–Trinajstić information content (AvgIpc) is 2.67. The number of aliphatic hydroxyl groups excluding tert-OH is 1. The average molecular weight is 358 g/mol. The minimum absolute atomic E-state index is 0.0655. The van der Waals surface area contributed by atoms with E-state index < -0.39 is 5.97 Å². The van der Waals surface area contributed by atoms with E-state index in [0.29, 0.717) is 12.4 Å². The van der Waals surface area contributed by atoms with Crippen LogP contribution < -0.4 is 4.74 Å². The highest BCUT2D eigenvalue weighted by atomic mass is 16.5. The SMILES string of the molecule is CCOC(=O)C=Cc1ccc(O)c(OC)c1.OCCCc1ccccc1. The molecule has 2 aromatic rings. The van der Waals surface area contributed by atoms with Gasteiger partial charge in [-0.15, -0.1) is 0 Å². The van der Waals surface area contributed by atoms with E-state index in [-0.39, 0.29) is 12.4 Å². The van der Waals surface area contributed by atoms with Crippen LogP contribution in [0, 0.1) is 0 Å². The van der Waals surface area contributed by atoms with Gasteiger partial charge in [0.15, 0.2) is 11.5 Å². The summed E-state index contributed by atoms with van der Waals surface area (Å²) in [6.45, 7) is 2.38. The molecule has 0 aliphatic rings. The summed E-state index contributed by atoms with van der Waals surface area (Å²) in [4.78, 5) is 11.0. The van der Waals surface area contributed by atoms with Gasteiger partial charge in [0.1, 0.15) is 0 Å². The number of benzene rings is 2. The molecule has 0 bridgehead atoms. The summed E-state index contributed by atoms with van der Waals surface area (Å²) in [5, 5.41) is 17.9. The van der Waals surface area contributed by atoms with Gasteiger partial charge < -0.3 is 19.7 Å². The van der Waals surface area contributed by atoms with Crippen LogP contribution in [0.15, 0.2) is 54.6 Å². The van der Waals surface area contributed by atoms with Crippen LogP contribution in [0.4, 0.5) is 0 Å². The second kappa shape index (κ2) is 12.6. The Labute approximate surface area is 154 Å². The molecule has 0 saturated carbocycles. The number of ether oxygens (including phenoxy) is 2. The molecule has 140 valence electrons. The number of aromatic hydroxyl groups is 1. The van der Waals surface area contributed by atoms with Gasteiger partial charge in [0, 0.05) is 12.7 Å². The highest BCUT2D eigenvalue weighted by Gasteiger charge is 2.01. The molecule has 0 heterocycles. The van der Waals surface area contributed by atoms with Gasteiger partial charge in [0.25, 0.3) is 0 Å². The fraction of sp³-hybridized carbons (Fsp3) is 0.286. The molecule has 0 fully saturated rings. The Bertz CT molecular complexity index is 680. The predicted molar refractivity (Wildman–Crippen MR) is 102 cm³/mol. The fourth-order valence-electron chi connectivity index (χ4n) is 2.08. The van der Waals surface area contributed by atoms with E-state index in [4.69, 9.17) is 14.6 Å². The van der Waals surface area contributed by atoms with Crippen molar-refractivity contribution in [1.29, 1.82) is 0 Å². The number of aryl methyl sites for hydroxylation is 1. The molecule has 5 heteroatoms. The van der Waals surface area contributed by atoms with Gasteiger partial charge in [-0.05, 0) is 49.1 Å². The van der Waals surface area contributed by atoms with Crippen LogP contribution in [0.2, 0.25) is 0 Å². The molecule has 26 heavy (non-hydrogen) atoms. The number of carbonyl (C=O) groups excluding carboxylic acids is 1. The predicted octanol–water partition coefficient (Wildman–Crippen LogP) is 3.59. The molecule has 0 aliphatic carbocycles. The Hall–Kier alpha value is -2.79. The minimum Gasteiger partial charge on any atom is -0.504 e. The number of hydrogen-bond donors (Lipinski definition) is 2. The summed E-state index contributed by atoms with van der Waals surface area (Å²) >= 11 is 0. The van der Waals surface area contributed by atoms with Crippen molar-refractivity contribution in [2.75, 3.05) is 20.3 Å². The monoisotopic (exact) mass is 358 g/mol. The molecule has 0 atom stereocenters. The van der Waals surface area contributed by atoms with Crippen molar-refractivity contribution in [2.45, 2.75) is 19.8 Å². The summed E-state index contributed by atoms with van der Waals surface area (Å²) in [5.74, 6) is 0.0383. The van der Waals surface area contributed by atoms with Crippen LogP contribution in [-0.4, -0.2) is 36.5 Å². The molecule has 5 nitrogen and oxygen atoms in total. The van der Waals surface area contributed by atoms with Crippen LogP contribution in [0.1, 0.15) is 24.5 Å². The zero-order chi connectivity index (χ0) is 19.2. The van der Waals surface area contributed by atoms with E-state index in [0.717, 1.165) is 18.4 Å². The Morgan fingerprint density at radius 1 is 1.15 bits per heavy atom. The van der Waals surface area contributed by atoms with E-state index >= 15 is 0 Å². The zero-order valence-electron chi connectivity index (χ0n) is 15.2. The lowest BCUT2D eigenvalue weighted by atomic mass is 10.1. The van der Waals surface area contributed by atoms with Gasteiger partial charge in [0.2, 0.25) is 0 Å². The van der Waals surface area contributed by atoms with Crippen molar-refractivity contribution in [3.63, 3.8) is 0 Å². The molecule has 0 saturated heterocycles. The van der Waals surface area contributed by atoms with Gasteiger partial charge in [-0.2, -0.15) is 0 Å². The van der Waals surface area contributed by atoms with Crippen molar-refractivity contribution in [1.82, 2.24) is 0 Å². The van der Waals surface area contributed by atoms with Crippen molar-refractivity contribution < 1.29 is 24.5 Å². The zero-order valence-corrected chi connectivity index (χ0v) is 15.2. The maximum atomic E-state index is 11.0. The minimum atomic E-state index is -0.394.